The Hall–Kier alpha value is -1.56. The standard InChI is InChI=1S/C14H15FN2O2S/c15-11-3-1-2-10(6-11)4-5-16-7-13(18)17-9-20-8-12(17)14(16)19/h1-3,6,12H,4-5,7-9H2/t12-/m0/s1. The zero-order chi connectivity index (χ0) is 14.1. The monoisotopic (exact) mass is 294 g/mol. The quantitative estimate of drug-likeness (QED) is 0.838. The van der Waals surface area contributed by atoms with Gasteiger partial charge in [-0.15, -0.1) is 11.8 Å². The van der Waals surface area contributed by atoms with Crippen molar-refractivity contribution in [3.63, 3.8) is 0 Å². The summed E-state index contributed by atoms with van der Waals surface area (Å²) < 4.78 is 13.1. The molecule has 0 saturated carbocycles. The first-order valence-corrected chi connectivity index (χ1v) is 7.71. The number of thioether (sulfide) groups is 1. The van der Waals surface area contributed by atoms with E-state index in [1.165, 1.54) is 12.1 Å². The van der Waals surface area contributed by atoms with Gasteiger partial charge in [-0.2, -0.15) is 0 Å². The molecule has 2 saturated heterocycles. The molecule has 1 aromatic carbocycles. The van der Waals surface area contributed by atoms with Crippen LogP contribution in [0.25, 0.3) is 0 Å². The number of nitrogens with zero attached hydrogens (tertiary/aromatic N) is 2. The Kier molecular flexibility index (Phi) is 3.65. The Bertz CT molecular complexity index is 552. The zero-order valence-corrected chi connectivity index (χ0v) is 11.7. The molecule has 1 atom stereocenters. The molecular formula is C14H15FN2O2S. The van der Waals surface area contributed by atoms with Crippen molar-refractivity contribution in [3.05, 3.63) is 35.6 Å². The number of hydrogen-bond donors (Lipinski definition) is 0. The highest BCUT2D eigenvalue weighted by Crippen LogP contribution is 2.26. The highest BCUT2D eigenvalue weighted by Gasteiger charge is 2.41. The van der Waals surface area contributed by atoms with E-state index in [1.54, 1.807) is 27.6 Å². The first-order valence-electron chi connectivity index (χ1n) is 6.55. The first kappa shape index (κ1) is 13.4. The van der Waals surface area contributed by atoms with Gasteiger partial charge in [0.05, 0.1) is 12.4 Å². The number of piperazine rings is 1. The molecular weight excluding hydrogens is 279 g/mol. The van der Waals surface area contributed by atoms with Crippen LogP contribution in [0.2, 0.25) is 0 Å². The number of rotatable bonds is 3. The molecule has 4 nitrogen and oxygen atoms in total. The van der Waals surface area contributed by atoms with Crippen molar-refractivity contribution in [2.24, 2.45) is 0 Å². The van der Waals surface area contributed by atoms with Crippen LogP contribution < -0.4 is 0 Å². The summed E-state index contributed by atoms with van der Waals surface area (Å²) in [6.07, 6.45) is 0.566. The van der Waals surface area contributed by atoms with Crippen LogP contribution in [-0.4, -0.2) is 52.4 Å². The molecule has 0 radical (unpaired) electrons. The Morgan fingerprint density at radius 3 is 3.00 bits per heavy atom. The molecule has 0 unspecified atom stereocenters. The van der Waals surface area contributed by atoms with E-state index in [1.807, 2.05) is 6.07 Å². The van der Waals surface area contributed by atoms with Crippen molar-refractivity contribution in [1.29, 1.82) is 0 Å². The lowest BCUT2D eigenvalue weighted by Crippen LogP contribution is -2.58. The Morgan fingerprint density at radius 1 is 1.35 bits per heavy atom. The van der Waals surface area contributed by atoms with Crippen LogP contribution in [0.5, 0.6) is 0 Å². The van der Waals surface area contributed by atoms with Gasteiger partial charge in [-0.25, -0.2) is 4.39 Å². The summed E-state index contributed by atoms with van der Waals surface area (Å²) in [4.78, 5) is 27.5. The summed E-state index contributed by atoms with van der Waals surface area (Å²) in [5, 5.41) is 0. The molecule has 2 aliphatic rings. The predicted molar refractivity (Wildman–Crippen MR) is 74.6 cm³/mol. The normalized spacial score (nSPS) is 22.4. The number of fused-ring (bicyclic) bond motifs is 1. The van der Waals surface area contributed by atoms with Gasteiger partial charge in [0.1, 0.15) is 11.9 Å². The van der Waals surface area contributed by atoms with Crippen LogP contribution in [0.15, 0.2) is 24.3 Å². The van der Waals surface area contributed by atoms with Gasteiger partial charge in [0.25, 0.3) is 0 Å². The van der Waals surface area contributed by atoms with E-state index in [-0.39, 0.29) is 30.2 Å². The van der Waals surface area contributed by atoms with E-state index in [0.29, 0.717) is 24.6 Å². The van der Waals surface area contributed by atoms with Crippen LogP contribution in [0.1, 0.15) is 5.56 Å². The van der Waals surface area contributed by atoms with E-state index in [9.17, 15) is 14.0 Å². The lowest BCUT2D eigenvalue weighted by molar-refractivity contribution is -0.153. The Labute approximate surface area is 120 Å². The van der Waals surface area contributed by atoms with Crippen molar-refractivity contribution >= 4 is 23.6 Å². The van der Waals surface area contributed by atoms with E-state index in [2.05, 4.69) is 0 Å². The molecule has 1 aromatic rings. The minimum atomic E-state index is -0.297. The van der Waals surface area contributed by atoms with Gasteiger partial charge in [-0.05, 0) is 24.1 Å². The van der Waals surface area contributed by atoms with Crippen LogP contribution in [0.3, 0.4) is 0 Å². The molecule has 0 bridgehead atoms. The van der Waals surface area contributed by atoms with Crippen LogP contribution in [0, 0.1) is 5.82 Å². The summed E-state index contributed by atoms with van der Waals surface area (Å²) in [6, 6.07) is 6.05. The van der Waals surface area contributed by atoms with Crippen LogP contribution in [-0.2, 0) is 16.0 Å². The van der Waals surface area contributed by atoms with Gasteiger partial charge < -0.3 is 9.80 Å². The second kappa shape index (κ2) is 5.44. The lowest BCUT2D eigenvalue weighted by atomic mass is 10.1. The maximum absolute atomic E-state index is 13.1. The maximum Gasteiger partial charge on any atom is 0.246 e. The fraction of sp³-hybridized carbons (Fsp3) is 0.429. The van der Waals surface area contributed by atoms with Crippen LogP contribution in [0.4, 0.5) is 4.39 Å². The fourth-order valence-electron chi connectivity index (χ4n) is 2.58. The van der Waals surface area contributed by atoms with Gasteiger partial charge in [-0.3, -0.25) is 9.59 Å². The molecule has 2 amide bonds. The van der Waals surface area contributed by atoms with Gasteiger partial charge in [0.15, 0.2) is 0 Å². The summed E-state index contributed by atoms with van der Waals surface area (Å²) in [5.41, 5.74) is 0.841. The van der Waals surface area contributed by atoms with E-state index in [0.717, 1.165) is 5.56 Å². The molecule has 0 aliphatic carbocycles. The first-order chi connectivity index (χ1) is 9.65. The number of carbonyl (C=O) groups is 2. The predicted octanol–water partition coefficient (Wildman–Crippen LogP) is 1.11. The highest BCUT2D eigenvalue weighted by atomic mass is 32.2. The summed E-state index contributed by atoms with van der Waals surface area (Å²) >= 11 is 1.61. The summed E-state index contributed by atoms with van der Waals surface area (Å²) in [6.45, 7) is 0.605. The Morgan fingerprint density at radius 2 is 2.20 bits per heavy atom. The number of halogens is 1. The third kappa shape index (κ3) is 2.52. The largest absolute Gasteiger partial charge is 0.331 e. The second-order valence-electron chi connectivity index (χ2n) is 5.02. The zero-order valence-electron chi connectivity index (χ0n) is 10.9. The highest BCUT2D eigenvalue weighted by molar-refractivity contribution is 7.99. The number of amides is 2. The second-order valence-corrected chi connectivity index (χ2v) is 6.02. The van der Waals surface area contributed by atoms with E-state index in [4.69, 9.17) is 0 Å². The molecule has 0 N–H and O–H groups in total. The van der Waals surface area contributed by atoms with Crippen molar-refractivity contribution in [3.8, 4) is 0 Å². The molecule has 0 spiro atoms. The average molecular weight is 294 g/mol. The minimum absolute atomic E-state index is 0.0128. The van der Waals surface area contributed by atoms with Gasteiger partial charge in [0, 0.05) is 12.3 Å². The number of hydrogen-bond acceptors (Lipinski definition) is 3. The summed E-state index contributed by atoms with van der Waals surface area (Å²) in [5.74, 6) is 1.06. The molecule has 20 heavy (non-hydrogen) atoms. The molecule has 6 heteroatoms. The SMILES string of the molecule is O=C1[C@@H]2CSCN2C(=O)CN1CCc1cccc(F)c1. The molecule has 106 valence electrons. The van der Waals surface area contributed by atoms with Crippen molar-refractivity contribution in [2.75, 3.05) is 24.7 Å². The van der Waals surface area contributed by atoms with Gasteiger partial charge in [0.2, 0.25) is 11.8 Å². The molecule has 3 rings (SSSR count). The van der Waals surface area contributed by atoms with Gasteiger partial charge in [-0.1, -0.05) is 12.1 Å². The third-order valence-electron chi connectivity index (χ3n) is 3.68. The average Bonchev–Trinajstić information content (AvgIpc) is 2.91. The fourth-order valence-corrected chi connectivity index (χ4v) is 3.75. The van der Waals surface area contributed by atoms with Crippen LogP contribution >= 0.6 is 11.8 Å². The number of carbonyl (C=O) groups excluding carboxylic acids is 2. The maximum atomic E-state index is 13.1. The summed E-state index contributed by atoms with van der Waals surface area (Å²) in [7, 11) is 0. The van der Waals surface area contributed by atoms with Crippen molar-refractivity contribution in [2.45, 2.75) is 12.5 Å². The molecule has 2 heterocycles. The topological polar surface area (TPSA) is 40.6 Å². The minimum Gasteiger partial charge on any atom is -0.331 e. The van der Waals surface area contributed by atoms with E-state index >= 15 is 0 Å². The van der Waals surface area contributed by atoms with Gasteiger partial charge >= 0.3 is 0 Å². The third-order valence-corrected chi connectivity index (χ3v) is 4.70. The molecule has 2 fully saturated rings. The van der Waals surface area contributed by atoms with Crippen molar-refractivity contribution < 1.29 is 14.0 Å². The molecule has 2 aliphatic heterocycles. The number of benzene rings is 1. The Balaban J connectivity index is 1.65. The smallest absolute Gasteiger partial charge is 0.246 e. The molecule has 0 aromatic heterocycles. The van der Waals surface area contributed by atoms with E-state index < -0.39 is 0 Å². The van der Waals surface area contributed by atoms with Crippen molar-refractivity contribution in [1.82, 2.24) is 9.80 Å². The lowest BCUT2D eigenvalue weighted by Gasteiger charge is -2.35.